The fraction of sp³-hybridized carbons (Fsp3) is 0.231. The molecule has 0 fully saturated rings. The van der Waals surface area contributed by atoms with Gasteiger partial charge in [0.15, 0.2) is 0 Å². The summed E-state index contributed by atoms with van der Waals surface area (Å²) in [5.74, 6) is -1.15. The summed E-state index contributed by atoms with van der Waals surface area (Å²) < 4.78 is 5.28. The largest absolute Gasteiger partial charge is 0.478 e. The third-order valence-corrected chi connectivity index (χ3v) is 3.01. The van der Waals surface area contributed by atoms with E-state index >= 15 is 0 Å². The van der Waals surface area contributed by atoms with E-state index in [4.69, 9.17) is 21.4 Å². The molecule has 0 aliphatic carbocycles. The van der Waals surface area contributed by atoms with Gasteiger partial charge in [-0.25, -0.2) is 9.59 Å². The van der Waals surface area contributed by atoms with Crippen molar-refractivity contribution in [2.24, 2.45) is 0 Å². The summed E-state index contributed by atoms with van der Waals surface area (Å²) in [6.07, 6.45) is 1.37. The maximum atomic E-state index is 11.9. The van der Waals surface area contributed by atoms with Gasteiger partial charge in [-0.3, -0.25) is 4.90 Å². The molecule has 0 spiro atoms. The maximum absolute atomic E-state index is 11.9. The van der Waals surface area contributed by atoms with Crippen LogP contribution in [0, 0.1) is 0 Å². The molecule has 1 aromatic carbocycles. The van der Waals surface area contributed by atoms with Crippen LogP contribution in [-0.4, -0.2) is 17.2 Å². The SMILES string of the molecule is CC1(C)OC(=O)N(/C=C/C(=O)O)c2cc(Cl)ccc21. The molecule has 0 saturated heterocycles. The van der Waals surface area contributed by atoms with Gasteiger partial charge >= 0.3 is 12.1 Å². The van der Waals surface area contributed by atoms with Gasteiger partial charge in [0.05, 0.1) is 5.69 Å². The van der Waals surface area contributed by atoms with Crippen molar-refractivity contribution in [1.29, 1.82) is 0 Å². The topological polar surface area (TPSA) is 66.8 Å². The third kappa shape index (κ3) is 2.56. The number of carboxylic acid groups (broad SMARTS) is 1. The second-order valence-electron chi connectivity index (χ2n) is 4.56. The number of carboxylic acids is 1. The van der Waals surface area contributed by atoms with Crippen molar-refractivity contribution >= 4 is 29.4 Å². The molecule has 1 N–H and O–H groups in total. The minimum absolute atomic E-state index is 0.456. The minimum Gasteiger partial charge on any atom is -0.478 e. The summed E-state index contributed by atoms with van der Waals surface area (Å²) in [6, 6.07) is 5.05. The quantitative estimate of drug-likeness (QED) is 0.846. The summed E-state index contributed by atoms with van der Waals surface area (Å²) in [6.45, 7) is 3.52. The molecule has 1 aromatic rings. The molecule has 2 rings (SSSR count). The molecule has 100 valence electrons. The van der Waals surface area contributed by atoms with Crippen molar-refractivity contribution in [2.75, 3.05) is 4.90 Å². The first-order valence-corrected chi connectivity index (χ1v) is 5.92. The van der Waals surface area contributed by atoms with Crippen molar-refractivity contribution in [3.8, 4) is 0 Å². The number of rotatable bonds is 2. The zero-order valence-electron chi connectivity index (χ0n) is 10.4. The number of hydrogen-bond acceptors (Lipinski definition) is 3. The molecular formula is C13H12ClNO4. The maximum Gasteiger partial charge on any atom is 0.419 e. The lowest BCUT2D eigenvalue weighted by atomic mass is 9.94. The number of hydrogen-bond donors (Lipinski definition) is 1. The summed E-state index contributed by atoms with van der Waals surface area (Å²) in [4.78, 5) is 23.6. The predicted octanol–water partition coefficient (Wildman–Crippen LogP) is 3.13. The smallest absolute Gasteiger partial charge is 0.419 e. The first-order chi connectivity index (χ1) is 8.81. The van der Waals surface area contributed by atoms with Gasteiger partial charge in [0, 0.05) is 22.9 Å². The number of fused-ring (bicyclic) bond motifs is 1. The second kappa shape index (κ2) is 4.59. The Morgan fingerprint density at radius 3 is 2.79 bits per heavy atom. The van der Waals surface area contributed by atoms with Crippen LogP contribution in [0.4, 0.5) is 10.5 Å². The van der Waals surface area contributed by atoms with Crippen molar-refractivity contribution < 1.29 is 19.4 Å². The Balaban J connectivity index is 2.55. The van der Waals surface area contributed by atoms with Gasteiger partial charge in [0.2, 0.25) is 0 Å². The lowest BCUT2D eigenvalue weighted by Crippen LogP contribution is -2.40. The molecule has 0 aromatic heterocycles. The number of halogens is 1. The van der Waals surface area contributed by atoms with E-state index in [9.17, 15) is 9.59 Å². The zero-order chi connectivity index (χ0) is 14.2. The summed E-state index contributed by atoms with van der Waals surface area (Å²) in [5, 5.41) is 9.10. The lowest BCUT2D eigenvalue weighted by molar-refractivity contribution is -0.131. The standard InChI is InChI=1S/C13H12ClNO4/c1-13(2)9-4-3-8(14)7-10(9)15(12(18)19-13)6-5-11(16)17/h3-7H,1-2H3,(H,16,17)/b6-5+. The Morgan fingerprint density at radius 2 is 2.16 bits per heavy atom. The molecule has 1 heterocycles. The second-order valence-corrected chi connectivity index (χ2v) is 5.00. The number of aliphatic carboxylic acids is 1. The molecule has 5 nitrogen and oxygen atoms in total. The van der Waals surface area contributed by atoms with E-state index in [1.807, 2.05) is 0 Å². The zero-order valence-corrected chi connectivity index (χ0v) is 11.1. The number of anilines is 1. The molecule has 0 atom stereocenters. The number of nitrogens with zero attached hydrogens (tertiary/aromatic N) is 1. The molecule has 1 aliphatic heterocycles. The number of benzene rings is 1. The van der Waals surface area contributed by atoms with E-state index in [1.165, 1.54) is 0 Å². The number of ether oxygens (including phenoxy) is 1. The minimum atomic E-state index is -1.15. The lowest BCUT2D eigenvalue weighted by Gasteiger charge is -2.37. The average Bonchev–Trinajstić information content (AvgIpc) is 2.26. The van der Waals surface area contributed by atoms with E-state index in [-0.39, 0.29) is 0 Å². The first kappa shape index (κ1) is 13.4. The highest BCUT2D eigenvalue weighted by atomic mass is 35.5. The van der Waals surface area contributed by atoms with E-state index in [0.717, 1.165) is 22.7 Å². The van der Waals surface area contributed by atoms with Gasteiger partial charge in [-0.15, -0.1) is 0 Å². The van der Waals surface area contributed by atoms with E-state index in [2.05, 4.69) is 0 Å². The highest BCUT2D eigenvalue weighted by Gasteiger charge is 2.37. The van der Waals surface area contributed by atoms with Gasteiger partial charge in [-0.2, -0.15) is 0 Å². The number of carbonyl (C=O) groups is 2. The highest BCUT2D eigenvalue weighted by Crippen LogP contribution is 2.40. The van der Waals surface area contributed by atoms with Gasteiger partial charge in [-0.1, -0.05) is 17.7 Å². The number of carbonyl (C=O) groups excluding carboxylic acids is 1. The van der Waals surface area contributed by atoms with Crippen molar-refractivity contribution in [1.82, 2.24) is 0 Å². The molecule has 0 unspecified atom stereocenters. The van der Waals surface area contributed by atoms with Crippen LogP contribution in [0.3, 0.4) is 0 Å². The fourth-order valence-electron chi connectivity index (χ4n) is 1.91. The van der Waals surface area contributed by atoms with E-state index in [0.29, 0.717) is 10.7 Å². The van der Waals surface area contributed by atoms with E-state index < -0.39 is 17.7 Å². The Labute approximate surface area is 115 Å². The van der Waals surface area contributed by atoms with Gasteiger partial charge in [0.1, 0.15) is 5.60 Å². The molecule has 1 aliphatic rings. The Bertz CT molecular complexity index is 580. The van der Waals surface area contributed by atoms with Gasteiger partial charge < -0.3 is 9.84 Å². The first-order valence-electron chi connectivity index (χ1n) is 5.54. The van der Waals surface area contributed by atoms with Crippen LogP contribution in [0.2, 0.25) is 5.02 Å². The Hall–Kier alpha value is -2.01. The molecule has 0 radical (unpaired) electrons. The number of cyclic esters (lactones) is 1. The molecule has 19 heavy (non-hydrogen) atoms. The van der Waals surface area contributed by atoms with Crippen LogP contribution in [0.5, 0.6) is 0 Å². The fourth-order valence-corrected chi connectivity index (χ4v) is 2.08. The van der Waals surface area contributed by atoms with E-state index in [1.54, 1.807) is 32.0 Å². The monoisotopic (exact) mass is 281 g/mol. The molecule has 0 bridgehead atoms. The summed E-state index contributed by atoms with van der Waals surface area (Å²) in [5.41, 5.74) is 0.489. The Kier molecular flexibility index (Phi) is 3.24. The average molecular weight is 282 g/mol. The highest BCUT2D eigenvalue weighted by molar-refractivity contribution is 6.31. The normalized spacial score (nSPS) is 17.2. The van der Waals surface area contributed by atoms with Gasteiger partial charge in [0.25, 0.3) is 0 Å². The molecule has 6 heteroatoms. The Morgan fingerprint density at radius 1 is 1.47 bits per heavy atom. The van der Waals surface area contributed by atoms with Crippen molar-refractivity contribution in [2.45, 2.75) is 19.4 Å². The van der Waals surface area contributed by atoms with Crippen LogP contribution >= 0.6 is 11.6 Å². The van der Waals surface area contributed by atoms with Crippen LogP contribution in [0.25, 0.3) is 0 Å². The van der Waals surface area contributed by atoms with Gasteiger partial charge in [-0.05, 0) is 26.0 Å². The van der Waals surface area contributed by atoms with Crippen molar-refractivity contribution in [3.63, 3.8) is 0 Å². The van der Waals surface area contributed by atoms with Crippen LogP contribution in [0.15, 0.2) is 30.5 Å². The predicted molar refractivity (Wildman–Crippen MR) is 70.2 cm³/mol. The summed E-state index contributed by atoms with van der Waals surface area (Å²) in [7, 11) is 0. The van der Waals surface area contributed by atoms with Crippen molar-refractivity contribution in [3.05, 3.63) is 41.1 Å². The molecule has 1 amide bonds. The van der Waals surface area contributed by atoms with Crippen LogP contribution in [0.1, 0.15) is 19.4 Å². The third-order valence-electron chi connectivity index (χ3n) is 2.77. The van der Waals surface area contributed by atoms with Crippen LogP contribution in [-0.2, 0) is 15.1 Å². The molecular weight excluding hydrogens is 270 g/mol. The van der Waals surface area contributed by atoms with Crippen LogP contribution < -0.4 is 4.90 Å². The molecule has 0 saturated carbocycles. The summed E-state index contributed by atoms with van der Waals surface area (Å²) >= 11 is 5.93. The number of amides is 1.